The van der Waals surface area contributed by atoms with Crippen LogP contribution in [0.25, 0.3) is 0 Å². The predicted octanol–water partition coefficient (Wildman–Crippen LogP) is 0.859. The second kappa shape index (κ2) is 7.57. The van der Waals surface area contributed by atoms with E-state index in [2.05, 4.69) is 0 Å². The van der Waals surface area contributed by atoms with E-state index in [9.17, 15) is 29.7 Å². The summed E-state index contributed by atoms with van der Waals surface area (Å²) in [5.41, 5.74) is -3.34. The van der Waals surface area contributed by atoms with E-state index in [1.807, 2.05) is 0 Å². The summed E-state index contributed by atoms with van der Waals surface area (Å²) in [4.78, 5) is 37.4. The van der Waals surface area contributed by atoms with Crippen molar-refractivity contribution in [1.82, 2.24) is 0 Å². The van der Waals surface area contributed by atoms with Crippen molar-refractivity contribution in [2.24, 2.45) is 0 Å². The third-order valence-electron chi connectivity index (χ3n) is 4.99. The van der Waals surface area contributed by atoms with E-state index in [1.165, 1.54) is 48.5 Å². The zero-order valence-electron chi connectivity index (χ0n) is 15.4. The van der Waals surface area contributed by atoms with E-state index >= 15 is 4.39 Å². The van der Waals surface area contributed by atoms with Crippen LogP contribution in [-0.4, -0.2) is 62.4 Å². The van der Waals surface area contributed by atoms with Gasteiger partial charge >= 0.3 is 0 Å². The number of halogens is 1. The quantitative estimate of drug-likeness (QED) is 0.613. The van der Waals surface area contributed by atoms with Crippen LogP contribution in [0.2, 0.25) is 0 Å². The SMILES string of the molecule is CC(=O)[C@]1(O)O[C@H](C(O)C(=O)c2ccccc2)[C@](O)(C(=O)c2ccccc2)[C@@H]1F. The van der Waals surface area contributed by atoms with Gasteiger partial charge in [-0.25, -0.2) is 4.39 Å². The normalized spacial score (nSPS) is 30.0. The topological polar surface area (TPSA) is 121 Å². The molecular weight excluding hydrogens is 383 g/mol. The molecule has 152 valence electrons. The number of Topliss-reactive ketones (excluding diaryl/α,β-unsaturated/α-hetero) is 3. The summed E-state index contributed by atoms with van der Waals surface area (Å²) in [6, 6.07) is 14.4. The van der Waals surface area contributed by atoms with Crippen LogP contribution in [0.1, 0.15) is 27.6 Å². The Labute approximate surface area is 165 Å². The number of hydrogen-bond acceptors (Lipinski definition) is 7. The van der Waals surface area contributed by atoms with Crippen molar-refractivity contribution in [3.8, 4) is 0 Å². The molecule has 1 fully saturated rings. The minimum absolute atomic E-state index is 0.00628. The zero-order chi connectivity index (χ0) is 21.4. The summed E-state index contributed by atoms with van der Waals surface area (Å²) in [7, 11) is 0. The van der Waals surface area contributed by atoms with Gasteiger partial charge in [0, 0.05) is 18.1 Å². The Balaban J connectivity index is 2.08. The highest BCUT2D eigenvalue weighted by Crippen LogP contribution is 2.43. The number of benzene rings is 2. The number of aliphatic hydroxyl groups excluding tert-OH is 1. The lowest BCUT2D eigenvalue weighted by atomic mass is 9.79. The highest BCUT2D eigenvalue weighted by atomic mass is 19.1. The van der Waals surface area contributed by atoms with Gasteiger partial charge < -0.3 is 20.1 Å². The van der Waals surface area contributed by atoms with Gasteiger partial charge in [-0.15, -0.1) is 0 Å². The molecule has 0 aromatic heterocycles. The lowest BCUT2D eigenvalue weighted by Gasteiger charge is -2.30. The van der Waals surface area contributed by atoms with Gasteiger partial charge in [-0.3, -0.25) is 14.4 Å². The smallest absolute Gasteiger partial charge is 0.262 e. The Bertz CT molecular complexity index is 933. The summed E-state index contributed by atoms with van der Waals surface area (Å²) in [5, 5.41) is 31.9. The lowest BCUT2D eigenvalue weighted by molar-refractivity contribution is -0.216. The van der Waals surface area contributed by atoms with Crippen LogP contribution < -0.4 is 0 Å². The average Bonchev–Trinajstić information content (AvgIpc) is 2.96. The van der Waals surface area contributed by atoms with Gasteiger partial charge in [0.15, 0.2) is 29.1 Å². The Morgan fingerprint density at radius 1 is 0.966 bits per heavy atom. The lowest BCUT2D eigenvalue weighted by Crippen LogP contribution is -2.59. The van der Waals surface area contributed by atoms with Crippen molar-refractivity contribution in [1.29, 1.82) is 0 Å². The number of hydrogen-bond donors (Lipinski definition) is 3. The molecule has 0 radical (unpaired) electrons. The molecule has 0 bridgehead atoms. The monoisotopic (exact) mass is 402 g/mol. The number of rotatable bonds is 6. The summed E-state index contributed by atoms with van der Waals surface area (Å²) in [5.74, 6) is -6.66. The van der Waals surface area contributed by atoms with Crippen molar-refractivity contribution >= 4 is 17.3 Å². The largest absolute Gasteiger partial charge is 0.382 e. The number of aliphatic hydroxyl groups is 3. The standard InChI is InChI=1S/C21H19FO7/c1-12(23)21(28)19(22)20(27,17(26)14-10-6-3-7-11-14)18(29-21)16(25)15(24)13-8-4-2-5-9-13/h2-11,16,18-19,25,27-28H,1H3/t16?,18-,19+,20-,21+/m1/s1. The first-order chi connectivity index (χ1) is 13.6. The maximum Gasteiger partial charge on any atom is 0.262 e. The van der Waals surface area contributed by atoms with E-state index in [0.717, 1.165) is 6.92 Å². The van der Waals surface area contributed by atoms with E-state index in [1.54, 1.807) is 12.1 Å². The first-order valence-electron chi connectivity index (χ1n) is 8.79. The summed E-state index contributed by atoms with van der Waals surface area (Å²) in [6.45, 7) is 0.799. The van der Waals surface area contributed by atoms with Gasteiger partial charge in [-0.2, -0.15) is 0 Å². The molecule has 29 heavy (non-hydrogen) atoms. The highest BCUT2D eigenvalue weighted by molar-refractivity contribution is 6.06. The Kier molecular flexibility index (Phi) is 5.46. The van der Waals surface area contributed by atoms with Crippen molar-refractivity contribution in [2.45, 2.75) is 36.7 Å². The number of ketones is 3. The van der Waals surface area contributed by atoms with E-state index in [4.69, 9.17) is 4.74 Å². The van der Waals surface area contributed by atoms with Crippen molar-refractivity contribution in [3.05, 3.63) is 71.8 Å². The summed E-state index contributed by atoms with van der Waals surface area (Å²) in [6.07, 6.45) is -7.41. The number of alkyl halides is 1. The molecule has 3 N–H and O–H groups in total. The third-order valence-corrected chi connectivity index (χ3v) is 4.99. The molecular formula is C21H19FO7. The molecule has 8 heteroatoms. The van der Waals surface area contributed by atoms with Crippen molar-refractivity contribution < 1.29 is 38.8 Å². The van der Waals surface area contributed by atoms with Crippen LogP contribution in [0.5, 0.6) is 0 Å². The minimum Gasteiger partial charge on any atom is -0.382 e. The zero-order valence-corrected chi connectivity index (χ0v) is 15.4. The molecule has 0 saturated carbocycles. The first kappa shape index (κ1) is 20.9. The molecule has 2 aromatic rings. The van der Waals surface area contributed by atoms with Crippen molar-refractivity contribution in [3.63, 3.8) is 0 Å². The second-order valence-corrected chi connectivity index (χ2v) is 6.85. The van der Waals surface area contributed by atoms with E-state index in [-0.39, 0.29) is 11.1 Å². The minimum atomic E-state index is -3.21. The van der Waals surface area contributed by atoms with Gasteiger partial charge in [-0.1, -0.05) is 60.7 Å². The molecule has 3 rings (SSSR count). The van der Waals surface area contributed by atoms with Gasteiger partial charge in [-0.05, 0) is 0 Å². The number of ether oxygens (including phenoxy) is 1. The van der Waals surface area contributed by atoms with Crippen LogP contribution in [0.15, 0.2) is 60.7 Å². The van der Waals surface area contributed by atoms with E-state index < -0.39 is 47.1 Å². The fourth-order valence-corrected chi connectivity index (χ4v) is 3.33. The molecule has 5 atom stereocenters. The molecule has 0 amide bonds. The molecule has 1 aliphatic heterocycles. The van der Waals surface area contributed by atoms with Crippen molar-refractivity contribution in [2.75, 3.05) is 0 Å². The van der Waals surface area contributed by atoms with Gasteiger partial charge in [0.05, 0.1) is 0 Å². The highest BCUT2D eigenvalue weighted by Gasteiger charge is 2.71. The van der Waals surface area contributed by atoms with Crippen LogP contribution in [-0.2, 0) is 9.53 Å². The number of carbonyl (C=O) groups is 3. The van der Waals surface area contributed by atoms with Crippen LogP contribution >= 0.6 is 0 Å². The summed E-state index contributed by atoms with van der Waals surface area (Å²) >= 11 is 0. The molecule has 7 nitrogen and oxygen atoms in total. The number of carbonyl (C=O) groups excluding carboxylic acids is 3. The van der Waals surface area contributed by atoms with E-state index in [0.29, 0.717) is 0 Å². The van der Waals surface area contributed by atoms with Crippen LogP contribution in [0, 0.1) is 0 Å². The molecule has 0 spiro atoms. The molecule has 1 heterocycles. The van der Waals surface area contributed by atoms with Gasteiger partial charge in [0.1, 0.15) is 12.2 Å². The molecule has 2 aromatic carbocycles. The Morgan fingerprint density at radius 3 is 1.93 bits per heavy atom. The predicted molar refractivity (Wildman–Crippen MR) is 97.9 cm³/mol. The maximum atomic E-state index is 15.2. The second-order valence-electron chi connectivity index (χ2n) is 6.85. The first-order valence-corrected chi connectivity index (χ1v) is 8.79. The fraction of sp³-hybridized carbons (Fsp3) is 0.286. The summed E-state index contributed by atoms with van der Waals surface area (Å²) < 4.78 is 20.2. The molecule has 1 unspecified atom stereocenters. The Hall–Kier alpha value is -2.78. The average molecular weight is 402 g/mol. The maximum absolute atomic E-state index is 15.2. The van der Waals surface area contributed by atoms with Gasteiger partial charge in [0.2, 0.25) is 0 Å². The molecule has 1 aliphatic rings. The van der Waals surface area contributed by atoms with Gasteiger partial charge in [0.25, 0.3) is 5.79 Å². The molecule has 0 aliphatic carbocycles. The van der Waals surface area contributed by atoms with Crippen LogP contribution in [0.4, 0.5) is 4.39 Å². The molecule has 1 saturated heterocycles. The fourth-order valence-electron chi connectivity index (χ4n) is 3.33. The Morgan fingerprint density at radius 2 is 1.45 bits per heavy atom. The third kappa shape index (κ3) is 3.30. The van der Waals surface area contributed by atoms with Crippen LogP contribution in [0.3, 0.4) is 0 Å².